The lowest BCUT2D eigenvalue weighted by Crippen LogP contribution is -2.22. The van der Waals surface area contributed by atoms with Crippen LogP contribution < -0.4 is 5.56 Å². The summed E-state index contributed by atoms with van der Waals surface area (Å²) in [4.78, 5) is 45.6. The van der Waals surface area contributed by atoms with Gasteiger partial charge in [-0.1, -0.05) is 23.9 Å². The Bertz CT molecular complexity index is 1420. The molecule has 0 aliphatic heterocycles. The van der Waals surface area contributed by atoms with Crippen LogP contribution in [0.15, 0.2) is 58.5 Å². The minimum atomic E-state index is -0.418. The second kappa shape index (κ2) is 8.55. The van der Waals surface area contributed by atoms with Gasteiger partial charge in [-0.25, -0.2) is 9.37 Å². The lowest BCUT2D eigenvalue weighted by molar-refractivity contribution is 0.101. The zero-order chi connectivity index (χ0) is 23.0. The molecule has 4 aromatic rings. The third-order valence-corrected chi connectivity index (χ3v) is 6.17. The second-order valence-electron chi connectivity index (χ2n) is 7.42. The number of ketones is 2. The van der Waals surface area contributed by atoms with Crippen molar-refractivity contribution < 1.29 is 14.0 Å². The van der Waals surface area contributed by atoms with Gasteiger partial charge in [-0.05, 0) is 62.7 Å². The van der Waals surface area contributed by atoms with Gasteiger partial charge in [0.25, 0.3) is 5.56 Å². The third kappa shape index (κ3) is 3.89. The van der Waals surface area contributed by atoms with E-state index in [1.165, 1.54) is 35.8 Å². The highest BCUT2D eigenvalue weighted by molar-refractivity contribution is 7.99. The zero-order valence-electron chi connectivity index (χ0n) is 17.7. The van der Waals surface area contributed by atoms with Gasteiger partial charge in [0.1, 0.15) is 5.82 Å². The Balaban J connectivity index is 1.74. The summed E-state index contributed by atoms with van der Waals surface area (Å²) in [7, 11) is 0. The van der Waals surface area contributed by atoms with Crippen molar-refractivity contribution in [3.63, 3.8) is 0 Å². The fraction of sp³-hybridized carbons (Fsp3) is 0.167. The number of H-pyrrole nitrogens is 1. The highest BCUT2D eigenvalue weighted by atomic mass is 32.2. The molecule has 0 amide bonds. The van der Waals surface area contributed by atoms with Crippen molar-refractivity contribution in [3.8, 4) is 5.69 Å². The number of hydrogen-bond donors (Lipinski definition) is 1. The third-order valence-electron chi connectivity index (χ3n) is 5.23. The van der Waals surface area contributed by atoms with Gasteiger partial charge >= 0.3 is 0 Å². The topological polar surface area (TPSA) is 84.8 Å². The normalized spacial score (nSPS) is 11.1. The minimum Gasteiger partial charge on any atom is -0.355 e. The molecule has 0 unspecified atom stereocenters. The molecule has 0 spiro atoms. The van der Waals surface area contributed by atoms with Crippen molar-refractivity contribution in [2.45, 2.75) is 25.9 Å². The number of Topliss-reactive ketones (excluding diaryl/α,β-unsaturated/α-hetero) is 2. The summed E-state index contributed by atoms with van der Waals surface area (Å²) in [5, 5.41) is 0.746. The number of hydrogen-bond acceptors (Lipinski definition) is 5. The molecule has 32 heavy (non-hydrogen) atoms. The van der Waals surface area contributed by atoms with Crippen LogP contribution in [0.25, 0.3) is 16.6 Å². The fourth-order valence-corrected chi connectivity index (χ4v) is 4.67. The number of thioether (sulfide) groups is 1. The molecule has 0 saturated heterocycles. The van der Waals surface area contributed by atoms with E-state index in [1.807, 2.05) is 0 Å². The van der Waals surface area contributed by atoms with Gasteiger partial charge < -0.3 is 4.98 Å². The molecule has 2 aromatic heterocycles. The quantitative estimate of drug-likeness (QED) is 0.263. The maximum absolute atomic E-state index is 13.4. The molecule has 0 atom stereocenters. The van der Waals surface area contributed by atoms with E-state index >= 15 is 0 Å². The first-order chi connectivity index (χ1) is 15.3. The Labute approximate surface area is 187 Å². The first-order valence-electron chi connectivity index (χ1n) is 9.91. The smallest absolute Gasteiger partial charge is 0.266 e. The average Bonchev–Trinajstić information content (AvgIpc) is 3.07. The molecule has 0 fully saturated rings. The molecule has 2 aromatic carbocycles. The number of para-hydroxylation sites is 1. The molecular weight excluding hydrogens is 429 g/mol. The number of aromatic nitrogens is 3. The van der Waals surface area contributed by atoms with E-state index in [-0.39, 0.29) is 22.9 Å². The predicted molar refractivity (Wildman–Crippen MR) is 123 cm³/mol. The Hall–Kier alpha value is -3.52. The molecule has 162 valence electrons. The van der Waals surface area contributed by atoms with Crippen LogP contribution in [-0.4, -0.2) is 31.9 Å². The molecular formula is C24H20FN3O3S. The second-order valence-corrected chi connectivity index (χ2v) is 8.36. The molecule has 0 bridgehead atoms. The van der Waals surface area contributed by atoms with Crippen molar-refractivity contribution in [1.82, 2.24) is 14.5 Å². The Morgan fingerprint density at radius 3 is 2.44 bits per heavy atom. The monoisotopic (exact) mass is 449 g/mol. The summed E-state index contributed by atoms with van der Waals surface area (Å²) in [6.07, 6.45) is 0. The molecule has 0 aliphatic carbocycles. The molecule has 0 aliphatic rings. The summed E-state index contributed by atoms with van der Waals surface area (Å²) in [6, 6.07) is 12.5. The number of aromatic amines is 1. The van der Waals surface area contributed by atoms with Gasteiger partial charge in [0.05, 0.1) is 28.0 Å². The van der Waals surface area contributed by atoms with Gasteiger partial charge in [-0.3, -0.25) is 19.0 Å². The summed E-state index contributed by atoms with van der Waals surface area (Å²) in [5.41, 5.74) is 2.82. The van der Waals surface area contributed by atoms with Crippen molar-refractivity contribution in [2.75, 3.05) is 5.75 Å². The van der Waals surface area contributed by atoms with Crippen molar-refractivity contribution >= 4 is 34.2 Å². The van der Waals surface area contributed by atoms with E-state index in [2.05, 4.69) is 9.97 Å². The van der Waals surface area contributed by atoms with Crippen LogP contribution in [0.1, 0.15) is 39.0 Å². The number of rotatable bonds is 6. The van der Waals surface area contributed by atoms with E-state index in [0.717, 1.165) is 11.8 Å². The number of nitrogens with one attached hydrogen (secondary N) is 1. The van der Waals surface area contributed by atoms with Gasteiger partial charge in [-0.15, -0.1) is 0 Å². The number of nitrogens with zero attached hydrogens (tertiary/aromatic N) is 2. The largest absolute Gasteiger partial charge is 0.355 e. The van der Waals surface area contributed by atoms with Gasteiger partial charge in [0, 0.05) is 11.3 Å². The van der Waals surface area contributed by atoms with Gasteiger partial charge in [0.15, 0.2) is 16.7 Å². The minimum absolute atomic E-state index is 0.00408. The van der Waals surface area contributed by atoms with Crippen molar-refractivity contribution in [1.29, 1.82) is 0 Å². The fourth-order valence-electron chi connectivity index (χ4n) is 3.79. The first-order valence-corrected chi connectivity index (χ1v) is 10.9. The van der Waals surface area contributed by atoms with E-state index < -0.39 is 5.82 Å². The summed E-state index contributed by atoms with van der Waals surface area (Å²) < 4.78 is 14.8. The number of halogens is 1. The van der Waals surface area contributed by atoms with E-state index in [0.29, 0.717) is 44.3 Å². The molecule has 6 nitrogen and oxygen atoms in total. The molecule has 4 rings (SSSR count). The maximum atomic E-state index is 13.4. The van der Waals surface area contributed by atoms with Crippen molar-refractivity contribution in [2.24, 2.45) is 0 Å². The van der Waals surface area contributed by atoms with Crippen molar-refractivity contribution in [3.05, 3.63) is 87.2 Å². The van der Waals surface area contributed by atoms with E-state index in [4.69, 9.17) is 0 Å². The molecule has 0 radical (unpaired) electrons. The highest BCUT2D eigenvalue weighted by Gasteiger charge is 2.21. The lowest BCUT2D eigenvalue weighted by atomic mass is 10.1. The number of benzene rings is 2. The molecule has 0 saturated carbocycles. The van der Waals surface area contributed by atoms with Crippen LogP contribution in [0.3, 0.4) is 0 Å². The van der Waals surface area contributed by atoms with Crippen LogP contribution in [0.2, 0.25) is 0 Å². The Morgan fingerprint density at radius 2 is 1.78 bits per heavy atom. The lowest BCUT2D eigenvalue weighted by Gasteiger charge is -2.13. The Kier molecular flexibility index (Phi) is 5.80. The van der Waals surface area contributed by atoms with Crippen LogP contribution in [0.4, 0.5) is 4.39 Å². The van der Waals surface area contributed by atoms with E-state index in [9.17, 15) is 18.8 Å². The Morgan fingerprint density at radius 1 is 1.09 bits per heavy atom. The summed E-state index contributed by atoms with van der Waals surface area (Å²) >= 11 is 1.11. The summed E-state index contributed by atoms with van der Waals surface area (Å²) in [5.74, 6) is -0.733. The molecule has 2 heterocycles. The standard InChI is InChI=1S/C24H20FN3O3S/c1-13-21(15(3)29)14(2)26-22(13)20(30)12-32-24-27-19-7-5-4-6-18(19)23(31)28(24)17-10-8-16(25)9-11-17/h4-11,26H,12H2,1-3H3. The summed E-state index contributed by atoms with van der Waals surface area (Å²) in [6.45, 7) is 4.96. The van der Waals surface area contributed by atoms with Crippen LogP contribution in [0, 0.1) is 19.7 Å². The number of aryl methyl sites for hydroxylation is 1. The van der Waals surface area contributed by atoms with Gasteiger partial charge in [-0.2, -0.15) is 0 Å². The molecule has 8 heteroatoms. The first kappa shape index (κ1) is 21.7. The number of carbonyl (C=O) groups is 2. The number of carbonyl (C=O) groups excluding carboxylic acids is 2. The van der Waals surface area contributed by atoms with Gasteiger partial charge in [0.2, 0.25) is 0 Å². The number of fused-ring (bicyclic) bond motifs is 1. The predicted octanol–water partition coefficient (Wildman–Crippen LogP) is 4.65. The van der Waals surface area contributed by atoms with E-state index in [1.54, 1.807) is 38.1 Å². The van der Waals surface area contributed by atoms with Crippen LogP contribution >= 0.6 is 11.8 Å². The van der Waals surface area contributed by atoms with Crippen LogP contribution in [0.5, 0.6) is 0 Å². The zero-order valence-corrected chi connectivity index (χ0v) is 18.5. The van der Waals surface area contributed by atoms with Crippen LogP contribution in [-0.2, 0) is 0 Å². The molecule has 1 N–H and O–H groups in total. The maximum Gasteiger partial charge on any atom is 0.266 e. The highest BCUT2D eigenvalue weighted by Crippen LogP contribution is 2.25. The average molecular weight is 450 g/mol. The SMILES string of the molecule is CC(=O)c1c(C)[nH]c(C(=O)CSc2nc3ccccc3c(=O)n2-c2ccc(F)cc2)c1C.